The highest BCUT2D eigenvalue weighted by atomic mass is 16.5. The van der Waals surface area contributed by atoms with Crippen molar-refractivity contribution in [3.63, 3.8) is 0 Å². The molecular weight excluding hydrogens is 265 g/mol. The van der Waals surface area contributed by atoms with Crippen LogP contribution < -0.4 is 5.46 Å². The number of rotatable bonds is 4. The molecule has 0 fully saturated rings. The second kappa shape index (κ2) is 5.41. The number of benzene rings is 1. The Morgan fingerprint density at radius 3 is 2.48 bits per heavy atom. The van der Waals surface area contributed by atoms with Gasteiger partial charge in [0.1, 0.15) is 0 Å². The van der Waals surface area contributed by atoms with Crippen LogP contribution >= 0.6 is 0 Å². The van der Waals surface area contributed by atoms with Crippen LogP contribution in [0.25, 0.3) is 10.9 Å². The number of hydrogen-bond acceptors (Lipinski definition) is 4. The molecule has 0 radical (unpaired) electrons. The zero-order valence-corrected chi connectivity index (χ0v) is 13.2. The van der Waals surface area contributed by atoms with E-state index in [1.165, 1.54) is 0 Å². The maximum atomic E-state index is 10.5. The van der Waals surface area contributed by atoms with Crippen LogP contribution in [0.5, 0.6) is 0 Å². The van der Waals surface area contributed by atoms with Crippen LogP contribution in [0.15, 0.2) is 30.5 Å². The van der Waals surface area contributed by atoms with Gasteiger partial charge < -0.3 is 14.8 Å². The van der Waals surface area contributed by atoms with Crippen molar-refractivity contribution in [3.8, 4) is 0 Å². The predicted molar refractivity (Wildman–Crippen MR) is 85.5 cm³/mol. The van der Waals surface area contributed by atoms with E-state index in [9.17, 15) is 10.1 Å². The molecule has 0 bridgehead atoms. The molecule has 2 rings (SSSR count). The van der Waals surface area contributed by atoms with Crippen LogP contribution in [0.2, 0.25) is 0 Å². The van der Waals surface area contributed by atoms with E-state index in [4.69, 9.17) is 4.65 Å². The second-order valence-corrected chi connectivity index (χ2v) is 6.47. The summed E-state index contributed by atoms with van der Waals surface area (Å²) in [5, 5.41) is 21.6. The van der Waals surface area contributed by atoms with Gasteiger partial charge in [-0.15, -0.1) is 0 Å². The third-order valence-corrected chi connectivity index (χ3v) is 4.02. The Bertz CT molecular complexity index is 650. The molecule has 4 nitrogen and oxygen atoms in total. The van der Waals surface area contributed by atoms with Crippen LogP contribution in [0.3, 0.4) is 0 Å². The lowest BCUT2D eigenvalue weighted by Crippen LogP contribution is -2.53. The highest BCUT2D eigenvalue weighted by Gasteiger charge is 2.40. The van der Waals surface area contributed by atoms with E-state index in [0.717, 1.165) is 10.9 Å². The lowest BCUT2D eigenvalue weighted by atomic mass is 9.75. The molecule has 2 aromatic rings. The molecule has 0 atom stereocenters. The minimum atomic E-state index is -1.15. The van der Waals surface area contributed by atoms with Gasteiger partial charge in [0, 0.05) is 17.0 Å². The molecule has 5 heteroatoms. The Kier molecular flexibility index (Phi) is 4.11. The van der Waals surface area contributed by atoms with Crippen LogP contribution in [-0.4, -0.2) is 33.4 Å². The molecule has 0 amide bonds. The van der Waals surface area contributed by atoms with Gasteiger partial charge in [0.05, 0.1) is 16.7 Å². The Morgan fingerprint density at radius 2 is 1.86 bits per heavy atom. The summed E-state index contributed by atoms with van der Waals surface area (Å²) in [7, 11) is -1.15. The van der Waals surface area contributed by atoms with Crippen molar-refractivity contribution in [1.29, 1.82) is 0 Å². The molecule has 112 valence electrons. The van der Waals surface area contributed by atoms with Crippen molar-refractivity contribution in [1.82, 2.24) is 4.98 Å². The average Bonchev–Trinajstić information content (AvgIpc) is 2.35. The third-order valence-electron chi connectivity index (χ3n) is 4.02. The normalized spacial score (nSPS) is 12.7. The summed E-state index contributed by atoms with van der Waals surface area (Å²) in [4.78, 5) is 4.33. The molecule has 0 aliphatic heterocycles. The van der Waals surface area contributed by atoms with E-state index in [1.807, 2.05) is 31.2 Å². The molecule has 0 aliphatic rings. The maximum absolute atomic E-state index is 10.5. The number of aliphatic hydroxyl groups is 1. The first-order chi connectivity index (χ1) is 9.62. The predicted octanol–water partition coefficient (Wildman–Crippen LogP) is 1.80. The zero-order chi connectivity index (χ0) is 15.8. The van der Waals surface area contributed by atoms with E-state index in [-0.39, 0.29) is 0 Å². The summed E-state index contributed by atoms with van der Waals surface area (Å²) in [6, 6.07) is 7.69. The van der Waals surface area contributed by atoms with E-state index in [2.05, 4.69) is 4.98 Å². The van der Waals surface area contributed by atoms with Crippen molar-refractivity contribution in [3.05, 3.63) is 36.0 Å². The Morgan fingerprint density at radius 1 is 1.19 bits per heavy atom. The average molecular weight is 287 g/mol. The summed E-state index contributed by atoms with van der Waals surface area (Å²) < 4.78 is 5.72. The maximum Gasteiger partial charge on any atom is 0.493 e. The quantitative estimate of drug-likeness (QED) is 0.842. The summed E-state index contributed by atoms with van der Waals surface area (Å²) in [5.74, 6) is 0. The SMILES string of the molecule is Cc1cc(B(O)OC(C)(C)C(C)(C)O)c2ncccc2c1. The van der Waals surface area contributed by atoms with Crippen molar-refractivity contribution >= 4 is 23.5 Å². The van der Waals surface area contributed by atoms with Gasteiger partial charge in [-0.25, -0.2) is 0 Å². The summed E-state index contributed by atoms with van der Waals surface area (Å²) in [6.45, 7) is 8.78. The number of pyridine rings is 1. The van der Waals surface area contributed by atoms with Gasteiger partial charge in [0.15, 0.2) is 0 Å². The molecule has 21 heavy (non-hydrogen) atoms. The van der Waals surface area contributed by atoms with Gasteiger partial charge in [-0.2, -0.15) is 0 Å². The monoisotopic (exact) mass is 287 g/mol. The van der Waals surface area contributed by atoms with Crippen molar-refractivity contribution in [2.24, 2.45) is 0 Å². The minimum absolute atomic E-state index is 0.614. The summed E-state index contributed by atoms with van der Waals surface area (Å²) >= 11 is 0. The summed E-state index contributed by atoms with van der Waals surface area (Å²) in [5.41, 5.74) is 0.359. The fourth-order valence-corrected chi connectivity index (χ4v) is 2.05. The molecule has 0 saturated carbocycles. The lowest BCUT2D eigenvalue weighted by Gasteiger charge is -2.38. The highest BCUT2D eigenvalue weighted by Crippen LogP contribution is 2.25. The number of fused-ring (bicyclic) bond motifs is 1. The lowest BCUT2D eigenvalue weighted by molar-refractivity contribution is -0.0982. The Hall–Kier alpha value is -1.43. The van der Waals surface area contributed by atoms with E-state index < -0.39 is 18.3 Å². The molecule has 0 saturated heterocycles. The van der Waals surface area contributed by atoms with Crippen LogP contribution in [0.1, 0.15) is 33.3 Å². The molecule has 1 aromatic heterocycles. The van der Waals surface area contributed by atoms with Gasteiger partial charge in [-0.1, -0.05) is 17.7 Å². The Balaban J connectivity index is 2.42. The fourth-order valence-electron chi connectivity index (χ4n) is 2.05. The van der Waals surface area contributed by atoms with E-state index in [0.29, 0.717) is 11.0 Å². The molecule has 2 N–H and O–H groups in total. The van der Waals surface area contributed by atoms with Gasteiger partial charge in [0.25, 0.3) is 0 Å². The van der Waals surface area contributed by atoms with Crippen molar-refractivity contribution < 1.29 is 14.8 Å². The molecular formula is C16H22BNO3. The minimum Gasteiger partial charge on any atom is -0.423 e. The van der Waals surface area contributed by atoms with Gasteiger partial charge in [0.2, 0.25) is 0 Å². The largest absolute Gasteiger partial charge is 0.493 e. The molecule has 0 unspecified atom stereocenters. The summed E-state index contributed by atoms with van der Waals surface area (Å²) in [6.07, 6.45) is 1.69. The van der Waals surface area contributed by atoms with Crippen LogP contribution in [-0.2, 0) is 4.65 Å². The molecule has 0 spiro atoms. The topological polar surface area (TPSA) is 62.6 Å². The zero-order valence-electron chi connectivity index (χ0n) is 13.2. The number of aryl methyl sites for hydroxylation is 1. The number of hydrogen-bond donors (Lipinski definition) is 2. The standard InChI is InChI=1S/C16H22BNO3/c1-11-9-12-7-6-8-18-14(12)13(10-11)17(20)21-16(4,5)15(2,3)19/h6-10,19-20H,1-5H3. The van der Waals surface area contributed by atoms with Crippen LogP contribution in [0, 0.1) is 6.92 Å². The van der Waals surface area contributed by atoms with Gasteiger partial charge in [-0.05, 0) is 46.8 Å². The molecule has 0 aliphatic carbocycles. The number of nitrogens with zero attached hydrogens (tertiary/aromatic N) is 1. The first-order valence-corrected chi connectivity index (χ1v) is 7.05. The number of aromatic nitrogens is 1. The molecule has 1 aromatic carbocycles. The van der Waals surface area contributed by atoms with Crippen molar-refractivity contribution in [2.75, 3.05) is 0 Å². The molecule has 1 heterocycles. The third kappa shape index (κ3) is 3.26. The smallest absolute Gasteiger partial charge is 0.423 e. The first kappa shape index (κ1) is 16.0. The highest BCUT2D eigenvalue weighted by molar-refractivity contribution is 6.63. The van der Waals surface area contributed by atoms with E-state index >= 15 is 0 Å². The van der Waals surface area contributed by atoms with E-state index in [1.54, 1.807) is 33.9 Å². The first-order valence-electron chi connectivity index (χ1n) is 7.05. The Labute approximate surface area is 125 Å². The fraction of sp³-hybridized carbons (Fsp3) is 0.438. The van der Waals surface area contributed by atoms with Gasteiger partial charge >= 0.3 is 7.12 Å². The second-order valence-electron chi connectivity index (χ2n) is 6.47. The van der Waals surface area contributed by atoms with Gasteiger partial charge in [-0.3, -0.25) is 4.98 Å². The van der Waals surface area contributed by atoms with Crippen molar-refractivity contribution in [2.45, 2.75) is 45.8 Å². The van der Waals surface area contributed by atoms with Crippen LogP contribution in [0.4, 0.5) is 0 Å².